The first-order chi connectivity index (χ1) is 8.37. The van der Waals surface area contributed by atoms with Crippen LogP contribution in [0.5, 0.6) is 0 Å². The Balaban J connectivity index is 2.48. The van der Waals surface area contributed by atoms with Gasteiger partial charge in [0.15, 0.2) is 0 Å². The SMILES string of the molecule is CC(C)(CCCl)CNCC(F)(F)c1ccccc1. The molecule has 0 fully saturated rings. The molecular formula is C14H20ClF2N. The van der Waals surface area contributed by atoms with E-state index in [0.29, 0.717) is 12.4 Å². The normalized spacial score (nSPS) is 12.7. The smallest absolute Gasteiger partial charge is 0.285 e. The molecule has 0 atom stereocenters. The van der Waals surface area contributed by atoms with Gasteiger partial charge in [-0.2, -0.15) is 8.78 Å². The molecule has 0 aliphatic rings. The summed E-state index contributed by atoms with van der Waals surface area (Å²) >= 11 is 5.67. The van der Waals surface area contributed by atoms with E-state index in [-0.39, 0.29) is 17.5 Å². The minimum Gasteiger partial charge on any atom is -0.310 e. The largest absolute Gasteiger partial charge is 0.310 e. The number of hydrogen-bond donors (Lipinski definition) is 1. The van der Waals surface area contributed by atoms with Crippen molar-refractivity contribution in [3.63, 3.8) is 0 Å². The Labute approximate surface area is 113 Å². The van der Waals surface area contributed by atoms with Crippen LogP contribution in [0.4, 0.5) is 8.78 Å². The van der Waals surface area contributed by atoms with Gasteiger partial charge in [0.05, 0.1) is 6.54 Å². The highest BCUT2D eigenvalue weighted by Gasteiger charge is 2.31. The van der Waals surface area contributed by atoms with Gasteiger partial charge in [-0.15, -0.1) is 11.6 Å². The van der Waals surface area contributed by atoms with Crippen molar-refractivity contribution in [1.29, 1.82) is 0 Å². The molecule has 0 radical (unpaired) electrons. The highest BCUT2D eigenvalue weighted by Crippen LogP contribution is 2.27. The number of hydrogen-bond acceptors (Lipinski definition) is 1. The molecule has 102 valence electrons. The number of benzene rings is 1. The Morgan fingerprint density at radius 1 is 1.11 bits per heavy atom. The van der Waals surface area contributed by atoms with Crippen molar-refractivity contribution in [1.82, 2.24) is 5.32 Å². The molecular weight excluding hydrogens is 256 g/mol. The molecule has 1 N–H and O–H groups in total. The molecule has 0 aliphatic heterocycles. The number of halogens is 3. The minimum atomic E-state index is -2.84. The lowest BCUT2D eigenvalue weighted by Gasteiger charge is -2.26. The molecule has 0 spiro atoms. The first-order valence-corrected chi connectivity index (χ1v) is 6.61. The van der Waals surface area contributed by atoms with Gasteiger partial charge >= 0.3 is 0 Å². The maximum atomic E-state index is 13.8. The molecule has 0 aliphatic carbocycles. The molecule has 0 bridgehead atoms. The van der Waals surface area contributed by atoms with Gasteiger partial charge in [-0.05, 0) is 11.8 Å². The maximum Gasteiger partial charge on any atom is 0.285 e. The maximum absolute atomic E-state index is 13.8. The van der Waals surface area contributed by atoms with Crippen LogP contribution in [0.1, 0.15) is 25.8 Å². The molecule has 0 amide bonds. The quantitative estimate of drug-likeness (QED) is 0.741. The van der Waals surface area contributed by atoms with Crippen molar-refractivity contribution in [3.8, 4) is 0 Å². The van der Waals surface area contributed by atoms with Crippen LogP contribution < -0.4 is 5.32 Å². The van der Waals surface area contributed by atoms with E-state index in [4.69, 9.17) is 11.6 Å². The van der Waals surface area contributed by atoms with E-state index < -0.39 is 5.92 Å². The van der Waals surface area contributed by atoms with Crippen LogP contribution in [0.3, 0.4) is 0 Å². The van der Waals surface area contributed by atoms with Crippen LogP contribution in [0.25, 0.3) is 0 Å². The summed E-state index contributed by atoms with van der Waals surface area (Å²) in [4.78, 5) is 0. The van der Waals surface area contributed by atoms with Crippen LogP contribution in [-0.2, 0) is 5.92 Å². The number of rotatable bonds is 7. The molecule has 0 heterocycles. The van der Waals surface area contributed by atoms with Crippen LogP contribution in [0.15, 0.2) is 30.3 Å². The third kappa shape index (κ3) is 4.91. The summed E-state index contributed by atoms with van der Waals surface area (Å²) in [5, 5.41) is 2.84. The molecule has 1 aromatic carbocycles. The second-order valence-electron chi connectivity index (χ2n) is 5.28. The zero-order valence-corrected chi connectivity index (χ0v) is 11.6. The van der Waals surface area contributed by atoms with Gasteiger partial charge in [0.25, 0.3) is 5.92 Å². The molecule has 0 saturated heterocycles. The Morgan fingerprint density at radius 2 is 1.72 bits per heavy atom. The Bertz CT molecular complexity index is 352. The highest BCUT2D eigenvalue weighted by molar-refractivity contribution is 6.17. The third-order valence-electron chi connectivity index (χ3n) is 2.92. The molecule has 0 unspecified atom stereocenters. The van der Waals surface area contributed by atoms with E-state index in [1.807, 2.05) is 13.8 Å². The van der Waals surface area contributed by atoms with Gasteiger partial charge in [-0.3, -0.25) is 0 Å². The number of alkyl halides is 3. The average molecular weight is 276 g/mol. The van der Waals surface area contributed by atoms with Gasteiger partial charge in [0.1, 0.15) is 0 Å². The molecule has 1 nitrogen and oxygen atoms in total. The van der Waals surface area contributed by atoms with E-state index in [0.717, 1.165) is 6.42 Å². The van der Waals surface area contributed by atoms with Crippen LogP contribution in [0.2, 0.25) is 0 Å². The average Bonchev–Trinajstić information content (AvgIpc) is 2.29. The van der Waals surface area contributed by atoms with Crippen LogP contribution >= 0.6 is 11.6 Å². The second kappa shape index (κ2) is 6.48. The summed E-state index contributed by atoms with van der Waals surface area (Å²) < 4.78 is 27.7. The zero-order valence-electron chi connectivity index (χ0n) is 10.8. The fourth-order valence-corrected chi connectivity index (χ4v) is 2.20. The van der Waals surface area contributed by atoms with Crippen molar-refractivity contribution in [2.45, 2.75) is 26.2 Å². The molecule has 0 aromatic heterocycles. The predicted octanol–water partition coefficient (Wildman–Crippen LogP) is 4.02. The van der Waals surface area contributed by atoms with Crippen molar-refractivity contribution >= 4 is 11.6 Å². The minimum absolute atomic E-state index is 0.0487. The summed E-state index contributed by atoms with van der Waals surface area (Å²) in [5.74, 6) is -2.29. The van der Waals surface area contributed by atoms with Gasteiger partial charge in [-0.1, -0.05) is 44.2 Å². The standard InChI is InChI=1S/C14H20ClF2N/c1-13(2,8-9-15)10-18-11-14(16,17)12-6-4-3-5-7-12/h3-7,18H,8-11H2,1-2H3. The Morgan fingerprint density at radius 3 is 2.28 bits per heavy atom. The fraction of sp³-hybridized carbons (Fsp3) is 0.571. The van der Waals surface area contributed by atoms with Crippen LogP contribution in [-0.4, -0.2) is 19.0 Å². The Kier molecular flexibility index (Phi) is 5.54. The monoisotopic (exact) mass is 275 g/mol. The van der Waals surface area contributed by atoms with Crippen molar-refractivity contribution < 1.29 is 8.78 Å². The van der Waals surface area contributed by atoms with E-state index >= 15 is 0 Å². The lowest BCUT2D eigenvalue weighted by Crippen LogP contribution is -2.37. The lowest BCUT2D eigenvalue weighted by molar-refractivity contribution is -0.00496. The first-order valence-electron chi connectivity index (χ1n) is 6.07. The molecule has 0 saturated carbocycles. The zero-order chi connectivity index (χ0) is 13.6. The van der Waals surface area contributed by atoms with Crippen LogP contribution in [0, 0.1) is 5.41 Å². The van der Waals surface area contributed by atoms with E-state index in [2.05, 4.69) is 5.32 Å². The molecule has 18 heavy (non-hydrogen) atoms. The van der Waals surface area contributed by atoms with Crippen molar-refractivity contribution in [3.05, 3.63) is 35.9 Å². The summed E-state index contributed by atoms with van der Waals surface area (Å²) in [7, 11) is 0. The van der Waals surface area contributed by atoms with Crippen molar-refractivity contribution in [2.24, 2.45) is 5.41 Å². The van der Waals surface area contributed by atoms with Gasteiger partial charge in [0, 0.05) is 18.0 Å². The summed E-state index contributed by atoms with van der Waals surface area (Å²) in [6.45, 7) is 4.22. The van der Waals surface area contributed by atoms with Gasteiger partial charge in [0.2, 0.25) is 0 Å². The lowest BCUT2D eigenvalue weighted by atomic mass is 9.90. The highest BCUT2D eigenvalue weighted by atomic mass is 35.5. The van der Waals surface area contributed by atoms with E-state index in [1.54, 1.807) is 18.2 Å². The van der Waals surface area contributed by atoms with E-state index in [1.165, 1.54) is 12.1 Å². The summed E-state index contributed by atoms with van der Waals surface area (Å²) in [5.41, 5.74) is -0.0122. The number of nitrogens with one attached hydrogen (secondary N) is 1. The van der Waals surface area contributed by atoms with Gasteiger partial charge in [-0.25, -0.2) is 0 Å². The molecule has 1 aromatic rings. The summed E-state index contributed by atoms with van der Waals surface area (Å²) in [6, 6.07) is 7.88. The third-order valence-corrected chi connectivity index (χ3v) is 3.11. The Hall–Kier alpha value is -0.670. The predicted molar refractivity (Wildman–Crippen MR) is 72.3 cm³/mol. The first kappa shape index (κ1) is 15.4. The molecule has 4 heteroatoms. The van der Waals surface area contributed by atoms with Gasteiger partial charge < -0.3 is 5.32 Å². The van der Waals surface area contributed by atoms with E-state index in [9.17, 15) is 8.78 Å². The summed E-state index contributed by atoms with van der Waals surface area (Å²) in [6.07, 6.45) is 0.804. The fourth-order valence-electron chi connectivity index (χ4n) is 1.69. The molecule has 1 rings (SSSR count). The second-order valence-corrected chi connectivity index (χ2v) is 5.66. The van der Waals surface area contributed by atoms with Crippen molar-refractivity contribution in [2.75, 3.05) is 19.0 Å². The topological polar surface area (TPSA) is 12.0 Å².